The zero-order chi connectivity index (χ0) is 19.8. The Morgan fingerprint density at radius 2 is 2.04 bits per heavy atom. The lowest BCUT2D eigenvalue weighted by atomic mass is 9.95. The summed E-state index contributed by atoms with van der Waals surface area (Å²) >= 11 is 6.29. The van der Waals surface area contributed by atoms with E-state index in [0.29, 0.717) is 35.1 Å². The van der Waals surface area contributed by atoms with Crippen LogP contribution in [0.2, 0.25) is 5.02 Å². The zero-order valence-electron chi connectivity index (χ0n) is 15.6. The van der Waals surface area contributed by atoms with Crippen LogP contribution >= 0.6 is 11.6 Å². The first-order valence-electron chi connectivity index (χ1n) is 8.95. The third-order valence-electron chi connectivity index (χ3n) is 5.05. The molecule has 0 spiro atoms. The van der Waals surface area contributed by atoms with Crippen LogP contribution in [0.15, 0.2) is 42.5 Å². The molecule has 2 aromatic carbocycles. The summed E-state index contributed by atoms with van der Waals surface area (Å²) in [5, 5.41) is 18.3. The van der Waals surface area contributed by atoms with Gasteiger partial charge in [-0.15, -0.1) is 0 Å². The van der Waals surface area contributed by atoms with Gasteiger partial charge in [-0.2, -0.15) is 5.10 Å². The van der Waals surface area contributed by atoms with Crippen molar-refractivity contribution < 1.29 is 14.6 Å². The number of benzene rings is 2. The number of aryl methyl sites for hydroxylation is 1. The molecule has 0 saturated carbocycles. The van der Waals surface area contributed by atoms with Crippen LogP contribution in [-0.4, -0.2) is 46.4 Å². The molecule has 2 heterocycles. The second kappa shape index (κ2) is 7.30. The van der Waals surface area contributed by atoms with Gasteiger partial charge in [0.2, 0.25) is 0 Å². The summed E-state index contributed by atoms with van der Waals surface area (Å²) in [4.78, 5) is 14.8. The highest BCUT2D eigenvalue weighted by atomic mass is 35.5. The molecule has 1 aliphatic heterocycles. The van der Waals surface area contributed by atoms with E-state index in [1.165, 1.54) is 0 Å². The first-order valence-corrected chi connectivity index (χ1v) is 9.33. The fourth-order valence-corrected chi connectivity index (χ4v) is 3.82. The molecule has 7 heteroatoms. The van der Waals surface area contributed by atoms with Gasteiger partial charge in [0, 0.05) is 29.8 Å². The fraction of sp³-hybridized carbons (Fsp3) is 0.238. The number of rotatable bonds is 5. The highest BCUT2D eigenvalue weighted by molar-refractivity contribution is 6.31. The van der Waals surface area contributed by atoms with Gasteiger partial charge in [0.05, 0.1) is 12.6 Å². The second-order valence-corrected chi connectivity index (χ2v) is 7.19. The molecule has 0 aliphatic carbocycles. The Morgan fingerprint density at radius 1 is 1.29 bits per heavy atom. The average Bonchev–Trinajstić information content (AvgIpc) is 3.23. The van der Waals surface area contributed by atoms with Crippen molar-refractivity contribution in [3.8, 4) is 17.0 Å². The maximum atomic E-state index is 13.0. The van der Waals surface area contributed by atoms with Crippen LogP contribution < -0.4 is 0 Å². The number of aromatic nitrogens is 2. The number of amides is 1. The lowest BCUT2D eigenvalue weighted by Crippen LogP contribution is -2.32. The van der Waals surface area contributed by atoms with Crippen molar-refractivity contribution in [1.82, 2.24) is 15.1 Å². The first-order chi connectivity index (χ1) is 13.5. The molecule has 28 heavy (non-hydrogen) atoms. The molecule has 1 atom stereocenters. The van der Waals surface area contributed by atoms with E-state index in [9.17, 15) is 9.90 Å². The first kappa shape index (κ1) is 18.5. The van der Waals surface area contributed by atoms with E-state index in [-0.39, 0.29) is 17.7 Å². The maximum absolute atomic E-state index is 13.0. The van der Waals surface area contributed by atoms with E-state index in [1.807, 2.05) is 37.3 Å². The van der Waals surface area contributed by atoms with Crippen LogP contribution in [0.3, 0.4) is 0 Å². The van der Waals surface area contributed by atoms with Crippen molar-refractivity contribution >= 4 is 17.5 Å². The number of carbonyl (C=O) groups excluding carboxylic acids is 1. The van der Waals surface area contributed by atoms with Crippen molar-refractivity contribution in [1.29, 1.82) is 0 Å². The van der Waals surface area contributed by atoms with Gasteiger partial charge in [-0.25, -0.2) is 0 Å². The van der Waals surface area contributed by atoms with Crippen LogP contribution in [0.5, 0.6) is 5.75 Å². The molecule has 0 radical (unpaired) electrons. The van der Waals surface area contributed by atoms with E-state index in [2.05, 4.69) is 10.2 Å². The van der Waals surface area contributed by atoms with Crippen molar-refractivity contribution in [2.24, 2.45) is 0 Å². The third kappa shape index (κ3) is 2.95. The molecule has 6 nitrogen and oxygen atoms in total. The normalized spacial score (nSPS) is 15.9. The minimum Gasteiger partial charge on any atom is -0.507 e. The summed E-state index contributed by atoms with van der Waals surface area (Å²) in [7, 11) is 1.61. The molecule has 0 fully saturated rings. The Balaban J connectivity index is 1.90. The average molecular weight is 398 g/mol. The van der Waals surface area contributed by atoms with Gasteiger partial charge in [-0.1, -0.05) is 41.9 Å². The van der Waals surface area contributed by atoms with Crippen molar-refractivity contribution in [3.05, 3.63) is 69.9 Å². The molecule has 1 unspecified atom stereocenters. The van der Waals surface area contributed by atoms with Crippen molar-refractivity contribution in [2.75, 3.05) is 20.3 Å². The van der Waals surface area contributed by atoms with Crippen LogP contribution in [0, 0.1) is 6.92 Å². The lowest BCUT2D eigenvalue weighted by Gasteiger charge is -2.26. The van der Waals surface area contributed by atoms with E-state index in [4.69, 9.17) is 16.3 Å². The maximum Gasteiger partial charge on any atom is 0.273 e. The number of hydrogen-bond acceptors (Lipinski definition) is 4. The number of aromatic hydroxyl groups is 1. The Kier molecular flexibility index (Phi) is 4.83. The van der Waals surface area contributed by atoms with Gasteiger partial charge in [0.1, 0.15) is 17.1 Å². The summed E-state index contributed by atoms with van der Waals surface area (Å²) in [6.45, 7) is 2.69. The van der Waals surface area contributed by atoms with Gasteiger partial charge in [-0.05, 0) is 30.2 Å². The molecule has 1 amide bonds. The molecular formula is C21H20ClN3O3. The molecular weight excluding hydrogens is 378 g/mol. The van der Waals surface area contributed by atoms with Crippen LogP contribution in [0.1, 0.15) is 33.2 Å². The second-order valence-electron chi connectivity index (χ2n) is 6.78. The Morgan fingerprint density at radius 3 is 2.75 bits per heavy atom. The quantitative estimate of drug-likeness (QED) is 0.683. The number of H-pyrrole nitrogens is 1. The Bertz CT molecular complexity index is 1030. The molecule has 0 saturated heterocycles. The van der Waals surface area contributed by atoms with E-state index in [1.54, 1.807) is 24.1 Å². The Hall–Kier alpha value is -2.83. The Labute approximate surface area is 167 Å². The number of nitrogens with one attached hydrogen (secondary N) is 1. The predicted octanol–water partition coefficient (Wildman–Crippen LogP) is 3.94. The number of nitrogens with zero attached hydrogens (tertiary/aromatic N) is 2. The molecule has 3 aromatic rings. The molecule has 0 bridgehead atoms. The number of methoxy groups -OCH3 is 1. The van der Waals surface area contributed by atoms with Gasteiger partial charge < -0.3 is 14.7 Å². The fourth-order valence-electron chi connectivity index (χ4n) is 3.66. The molecule has 144 valence electrons. The van der Waals surface area contributed by atoms with Gasteiger partial charge >= 0.3 is 0 Å². The minimum atomic E-state index is -0.327. The monoisotopic (exact) mass is 397 g/mol. The van der Waals surface area contributed by atoms with Gasteiger partial charge in [0.15, 0.2) is 0 Å². The number of aromatic amines is 1. The SMILES string of the molecule is COCCN1C(=O)c2[nH]nc(-c3cc(Cl)c(C)cc3O)c2C1c1ccccc1. The smallest absolute Gasteiger partial charge is 0.273 e. The van der Waals surface area contributed by atoms with Gasteiger partial charge in [-0.3, -0.25) is 9.89 Å². The van der Waals surface area contributed by atoms with Crippen molar-refractivity contribution in [2.45, 2.75) is 13.0 Å². The minimum absolute atomic E-state index is 0.0748. The van der Waals surface area contributed by atoms with Gasteiger partial charge in [0.25, 0.3) is 5.91 Å². The van der Waals surface area contributed by atoms with Crippen LogP contribution in [-0.2, 0) is 4.74 Å². The number of phenolic OH excluding ortho intramolecular Hbond substituents is 1. The van der Waals surface area contributed by atoms with E-state index in [0.717, 1.165) is 16.7 Å². The third-order valence-corrected chi connectivity index (χ3v) is 5.45. The molecule has 2 N–H and O–H groups in total. The number of phenols is 1. The zero-order valence-corrected chi connectivity index (χ0v) is 16.3. The van der Waals surface area contributed by atoms with Crippen LogP contribution in [0.4, 0.5) is 0 Å². The standard InChI is InChI=1S/C21H20ClN3O3/c1-12-10-16(26)14(11-15(12)22)18-17-19(24-23-18)21(27)25(8-9-28-2)20(17)13-6-4-3-5-7-13/h3-7,10-11,20,26H,8-9H2,1-2H3,(H,23,24). The predicted molar refractivity (Wildman–Crippen MR) is 107 cm³/mol. The lowest BCUT2D eigenvalue weighted by molar-refractivity contribution is 0.0677. The number of ether oxygens (including phenoxy) is 1. The number of hydrogen-bond donors (Lipinski definition) is 2. The summed E-state index contributed by atoms with van der Waals surface area (Å²) in [6, 6.07) is 12.7. The highest BCUT2D eigenvalue weighted by Crippen LogP contribution is 2.45. The number of halogens is 1. The largest absolute Gasteiger partial charge is 0.507 e. The van der Waals surface area contributed by atoms with Crippen molar-refractivity contribution in [3.63, 3.8) is 0 Å². The molecule has 1 aliphatic rings. The summed E-state index contributed by atoms with van der Waals surface area (Å²) in [5.74, 6) is -0.0665. The van der Waals surface area contributed by atoms with E-state index >= 15 is 0 Å². The topological polar surface area (TPSA) is 78.5 Å². The number of fused-ring (bicyclic) bond motifs is 1. The highest BCUT2D eigenvalue weighted by Gasteiger charge is 2.42. The molecule has 4 rings (SSSR count). The summed E-state index contributed by atoms with van der Waals surface area (Å²) in [6.07, 6.45) is 0. The summed E-state index contributed by atoms with van der Waals surface area (Å²) in [5.41, 5.74) is 3.92. The van der Waals surface area contributed by atoms with Crippen LogP contribution in [0.25, 0.3) is 11.3 Å². The molecule has 1 aromatic heterocycles. The number of carbonyl (C=O) groups is 1. The summed E-state index contributed by atoms with van der Waals surface area (Å²) < 4.78 is 5.20. The van der Waals surface area contributed by atoms with E-state index < -0.39 is 0 Å².